The number of unbranched alkanes of at least 4 members (excludes halogenated alkanes) is 24. The van der Waals surface area contributed by atoms with E-state index in [0.717, 1.165) is 12.8 Å². The average Bonchev–Trinajstić information content (AvgIpc) is 2.82. The molecule has 0 aliphatic rings. The normalized spacial score (nSPS) is 12.7. The Balaban J connectivity index is 3.21. The molecule has 1 N–H and O–H groups in total. The van der Waals surface area contributed by atoms with E-state index in [2.05, 4.69) is 26.0 Å². The number of hydrogen-bond donors (Lipinski definition) is 1. The van der Waals surface area contributed by atoms with Gasteiger partial charge in [0.1, 0.15) is 0 Å². The van der Waals surface area contributed by atoms with Crippen molar-refractivity contribution < 1.29 is 5.11 Å². The standard InChI is InChI=1S/C32H64O/c1-3-5-7-9-11-13-15-17-19-21-23-25-27-29-31-32(33)30-28-26-24-22-20-18-16-14-12-10-8-6-4-2/h29,31-33H,3-28,30H2,1-2H3. The van der Waals surface area contributed by atoms with E-state index < -0.39 is 0 Å². The van der Waals surface area contributed by atoms with Gasteiger partial charge in [-0.25, -0.2) is 0 Å². The van der Waals surface area contributed by atoms with Gasteiger partial charge in [0.05, 0.1) is 6.10 Å². The van der Waals surface area contributed by atoms with E-state index in [9.17, 15) is 5.11 Å². The summed E-state index contributed by atoms with van der Waals surface area (Å²) < 4.78 is 0. The summed E-state index contributed by atoms with van der Waals surface area (Å²) in [6.45, 7) is 4.58. The Morgan fingerprint density at radius 1 is 0.424 bits per heavy atom. The lowest BCUT2D eigenvalue weighted by atomic mass is 10.0. The number of allylic oxidation sites excluding steroid dienone is 1. The lowest BCUT2D eigenvalue weighted by Gasteiger charge is -2.06. The summed E-state index contributed by atoms with van der Waals surface area (Å²) >= 11 is 0. The maximum atomic E-state index is 10.1. The lowest BCUT2D eigenvalue weighted by molar-refractivity contribution is 0.207. The minimum atomic E-state index is -0.213. The molecule has 0 saturated heterocycles. The van der Waals surface area contributed by atoms with Crippen LogP contribution in [0.25, 0.3) is 0 Å². The third-order valence-electron chi connectivity index (χ3n) is 7.19. The van der Waals surface area contributed by atoms with E-state index in [0.29, 0.717) is 0 Å². The molecular formula is C32H64O. The molecule has 1 nitrogen and oxygen atoms in total. The Kier molecular flexibility index (Phi) is 29.5. The van der Waals surface area contributed by atoms with Gasteiger partial charge in [0.15, 0.2) is 0 Å². The highest BCUT2D eigenvalue weighted by Crippen LogP contribution is 2.15. The van der Waals surface area contributed by atoms with Crippen LogP contribution in [0.5, 0.6) is 0 Å². The van der Waals surface area contributed by atoms with Gasteiger partial charge in [-0.3, -0.25) is 0 Å². The van der Waals surface area contributed by atoms with Crippen LogP contribution in [0.1, 0.15) is 187 Å². The molecule has 198 valence electrons. The fourth-order valence-electron chi connectivity index (χ4n) is 4.82. The summed E-state index contributed by atoms with van der Waals surface area (Å²) in [5, 5.41) is 10.1. The van der Waals surface area contributed by atoms with Gasteiger partial charge in [-0.15, -0.1) is 0 Å². The predicted octanol–water partition coefficient (Wildman–Crippen LogP) is 11.5. The molecule has 0 bridgehead atoms. The maximum Gasteiger partial charge on any atom is 0.0720 e. The zero-order valence-corrected chi connectivity index (χ0v) is 23.3. The molecule has 0 saturated carbocycles. The molecule has 0 heterocycles. The largest absolute Gasteiger partial charge is 0.389 e. The van der Waals surface area contributed by atoms with Gasteiger partial charge in [-0.05, 0) is 19.3 Å². The molecular weight excluding hydrogens is 400 g/mol. The predicted molar refractivity (Wildman–Crippen MR) is 151 cm³/mol. The summed E-state index contributed by atoms with van der Waals surface area (Å²) in [6.07, 6.45) is 41.1. The van der Waals surface area contributed by atoms with E-state index in [4.69, 9.17) is 0 Å². The van der Waals surface area contributed by atoms with Crippen LogP contribution >= 0.6 is 0 Å². The molecule has 0 aliphatic carbocycles. The Hall–Kier alpha value is -0.300. The molecule has 0 rings (SSSR count). The van der Waals surface area contributed by atoms with Gasteiger partial charge < -0.3 is 5.11 Å². The van der Waals surface area contributed by atoms with Crippen LogP contribution in [0.4, 0.5) is 0 Å². The molecule has 0 aromatic heterocycles. The van der Waals surface area contributed by atoms with Crippen LogP contribution in [0, 0.1) is 0 Å². The van der Waals surface area contributed by atoms with Gasteiger partial charge in [0.25, 0.3) is 0 Å². The van der Waals surface area contributed by atoms with Crippen molar-refractivity contribution in [2.75, 3.05) is 0 Å². The van der Waals surface area contributed by atoms with E-state index in [-0.39, 0.29) is 6.10 Å². The van der Waals surface area contributed by atoms with Gasteiger partial charge in [0, 0.05) is 0 Å². The van der Waals surface area contributed by atoms with Gasteiger partial charge in [-0.1, -0.05) is 180 Å². The SMILES string of the molecule is CCCCCCCCCCCCCCC=CC(O)CCCCCCCCCCCCCCC. The number of hydrogen-bond acceptors (Lipinski definition) is 1. The third kappa shape index (κ3) is 29.7. The van der Waals surface area contributed by atoms with Crippen molar-refractivity contribution >= 4 is 0 Å². The molecule has 0 radical (unpaired) electrons. The zero-order chi connectivity index (χ0) is 24.1. The first-order valence-corrected chi connectivity index (χ1v) is 15.7. The van der Waals surface area contributed by atoms with E-state index >= 15 is 0 Å². The molecule has 33 heavy (non-hydrogen) atoms. The Bertz CT molecular complexity index is 362. The Labute approximate surface area is 210 Å². The third-order valence-corrected chi connectivity index (χ3v) is 7.19. The highest BCUT2D eigenvalue weighted by atomic mass is 16.3. The van der Waals surface area contributed by atoms with Gasteiger partial charge >= 0.3 is 0 Å². The smallest absolute Gasteiger partial charge is 0.0720 e. The number of aliphatic hydroxyl groups excluding tert-OH is 1. The number of rotatable bonds is 28. The van der Waals surface area contributed by atoms with Crippen molar-refractivity contribution in [1.82, 2.24) is 0 Å². The minimum absolute atomic E-state index is 0.213. The highest BCUT2D eigenvalue weighted by molar-refractivity contribution is 4.88. The second kappa shape index (κ2) is 29.7. The molecule has 0 spiro atoms. The topological polar surface area (TPSA) is 20.2 Å². The van der Waals surface area contributed by atoms with E-state index in [1.54, 1.807) is 0 Å². The summed E-state index contributed by atoms with van der Waals surface area (Å²) in [7, 11) is 0. The van der Waals surface area contributed by atoms with Crippen LogP contribution in [0.3, 0.4) is 0 Å². The fraction of sp³-hybridized carbons (Fsp3) is 0.938. The van der Waals surface area contributed by atoms with Crippen molar-refractivity contribution in [2.45, 2.75) is 193 Å². The molecule has 0 fully saturated rings. The van der Waals surface area contributed by atoms with E-state index in [1.165, 1.54) is 161 Å². The lowest BCUT2D eigenvalue weighted by Crippen LogP contribution is -2.01. The Morgan fingerprint density at radius 2 is 0.727 bits per heavy atom. The Morgan fingerprint density at radius 3 is 1.09 bits per heavy atom. The fourth-order valence-corrected chi connectivity index (χ4v) is 4.82. The van der Waals surface area contributed by atoms with Crippen molar-refractivity contribution in [3.8, 4) is 0 Å². The van der Waals surface area contributed by atoms with Crippen molar-refractivity contribution in [3.63, 3.8) is 0 Å². The first kappa shape index (κ1) is 32.7. The summed E-state index contributed by atoms with van der Waals surface area (Å²) in [6, 6.07) is 0. The number of aliphatic hydroxyl groups is 1. The van der Waals surface area contributed by atoms with Crippen LogP contribution in [0.15, 0.2) is 12.2 Å². The van der Waals surface area contributed by atoms with Crippen LogP contribution in [-0.2, 0) is 0 Å². The second-order valence-corrected chi connectivity index (χ2v) is 10.7. The van der Waals surface area contributed by atoms with Crippen molar-refractivity contribution in [1.29, 1.82) is 0 Å². The van der Waals surface area contributed by atoms with E-state index in [1.807, 2.05) is 0 Å². The first-order valence-electron chi connectivity index (χ1n) is 15.7. The summed E-state index contributed by atoms with van der Waals surface area (Å²) in [4.78, 5) is 0. The molecule has 1 atom stereocenters. The van der Waals surface area contributed by atoms with Crippen LogP contribution in [0.2, 0.25) is 0 Å². The summed E-state index contributed by atoms with van der Waals surface area (Å²) in [5.74, 6) is 0. The summed E-state index contributed by atoms with van der Waals surface area (Å²) in [5.41, 5.74) is 0. The minimum Gasteiger partial charge on any atom is -0.389 e. The highest BCUT2D eigenvalue weighted by Gasteiger charge is 1.99. The quantitative estimate of drug-likeness (QED) is 0.0901. The molecule has 1 unspecified atom stereocenters. The van der Waals surface area contributed by atoms with Crippen molar-refractivity contribution in [2.24, 2.45) is 0 Å². The molecule has 0 aromatic carbocycles. The second-order valence-electron chi connectivity index (χ2n) is 10.7. The average molecular weight is 465 g/mol. The maximum absolute atomic E-state index is 10.1. The zero-order valence-electron chi connectivity index (χ0n) is 23.3. The van der Waals surface area contributed by atoms with Crippen molar-refractivity contribution in [3.05, 3.63) is 12.2 Å². The molecule has 0 amide bonds. The van der Waals surface area contributed by atoms with Gasteiger partial charge in [-0.2, -0.15) is 0 Å². The van der Waals surface area contributed by atoms with Crippen LogP contribution < -0.4 is 0 Å². The monoisotopic (exact) mass is 464 g/mol. The van der Waals surface area contributed by atoms with Gasteiger partial charge in [0.2, 0.25) is 0 Å². The van der Waals surface area contributed by atoms with Crippen LogP contribution in [-0.4, -0.2) is 11.2 Å². The first-order chi connectivity index (χ1) is 16.3. The molecule has 0 aromatic rings. The molecule has 1 heteroatoms. The molecule has 0 aliphatic heterocycles.